The van der Waals surface area contributed by atoms with Gasteiger partial charge in [-0.2, -0.15) is 18.2 Å². The zero-order valence-electron chi connectivity index (χ0n) is 19.2. The standard InChI is InChI=1S/C23H27F3N6O3/c1-31-9-11-32(12-10-31)20(33)14-5-7-15(8-6-14)28-22-27-13-17(23(24,25)26)19(30-22)29-18-4-2-3-16(18)21(34)35/h5-8,13,16,18H,2-4,9-12H2,1H3,(H,34,35)(H2,27,28,29,30)/t16-,18+/m0/s1. The molecule has 1 aromatic carbocycles. The molecule has 0 spiro atoms. The summed E-state index contributed by atoms with van der Waals surface area (Å²) in [4.78, 5) is 35.9. The first kappa shape index (κ1) is 24.7. The van der Waals surface area contributed by atoms with Crippen molar-refractivity contribution < 1.29 is 27.9 Å². The minimum Gasteiger partial charge on any atom is -0.481 e. The molecule has 2 atom stereocenters. The van der Waals surface area contributed by atoms with E-state index in [0.717, 1.165) is 13.1 Å². The van der Waals surface area contributed by atoms with E-state index < -0.39 is 35.5 Å². The number of nitrogens with one attached hydrogen (secondary N) is 2. The third-order valence-corrected chi connectivity index (χ3v) is 6.43. The molecule has 1 aliphatic heterocycles. The van der Waals surface area contributed by atoms with Crippen molar-refractivity contribution in [2.24, 2.45) is 5.92 Å². The lowest BCUT2D eigenvalue weighted by molar-refractivity contribution is -0.141. The predicted molar refractivity (Wildman–Crippen MR) is 123 cm³/mol. The van der Waals surface area contributed by atoms with E-state index in [0.29, 0.717) is 49.8 Å². The molecule has 12 heteroatoms. The number of alkyl halides is 3. The van der Waals surface area contributed by atoms with Crippen molar-refractivity contribution in [2.45, 2.75) is 31.5 Å². The number of piperazine rings is 1. The Morgan fingerprint density at radius 3 is 2.40 bits per heavy atom. The number of likely N-dealkylation sites (N-methyl/N-ethyl adjacent to an activating group) is 1. The van der Waals surface area contributed by atoms with Crippen LogP contribution in [0.3, 0.4) is 0 Å². The number of hydrogen-bond donors (Lipinski definition) is 3. The Kier molecular flexibility index (Phi) is 7.10. The van der Waals surface area contributed by atoms with E-state index in [1.807, 2.05) is 7.05 Å². The molecule has 1 aromatic heterocycles. The maximum Gasteiger partial charge on any atom is 0.421 e. The average Bonchev–Trinajstić information content (AvgIpc) is 3.27. The minimum atomic E-state index is -4.70. The van der Waals surface area contributed by atoms with Crippen LogP contribution < -0.4 is 10.6 Å². The minimum absolute atomic E-state index is 0.0773. The summed E-state index contributed by atoms with van der Waals surface area (Å²) < 4.78 is 40.6. The SMILES string of the molecule is CN1CCN(C(=O)c2ccc(Nc3ncc(C(F)(F)F)c(N[C@@H]4CCC[C@@H]4C(=O)O)n3)cc2)CC1. The van der Waals surface area contributed by atoms with Crippen LogP contribution in [0.2, 0.25) is 0 Å². The summed E-state index contributed by atoms with van der Waals surface area (Å²) in [5.74, 6) is -2.45. The van der Waals surface area contributed by atoms with Gasteiger partial charge in [-0.1, -0.05) is 6.42 Å². The number of carbonyl (C=O) groups is 2. The number of hydrogen-bond acceptors (Lipinski definition) is 7. The second-order valence-electron chi connectivity index (χ2n) is 8.88. The molecule has 4 rings (SSSR count). The van der Waals surface area contributed by atoms with Crippen molar-refractivity contribution in [2.75, 3.05) is 43.9 Å². The molecule has 1 saturated carbocycles. The lowest BCUT2D eigenvalue weighted by atomic mass is 10.0. The number of aliphatic carboxylic acids is 1. The molecule has 2 heterocycles. The monoisotopic (exact) mass is 492 g/mol. The summed E-state index contributed by atoms with van der Waals surface area (Å²) in [6.45, 7) is 2.91. The topological polar surface area (TPSA) is 111 Å². The highest BCUT2D eigenvalue weighted by atomic mass is 19.4. The molecule has 35 heavy (non-hydrogen) atoms. The molecule has 0 bridgehead atoms. The van der Waals surface area contributed by atoms with Gasteiger partial charge in [-0.15, -0.1) is 0 Å². The number of carboxylic acid groups (broad SMARTS) is 1. The molecule has 2 aliphatic rings. The number of nitrogens with zero attached hydrogens (tertiary/aromatic N) is 4. The van der Waals surface area contributed by atoms with Crippen LogP contribution in [0.1, 0.15) is 35.2 Å². The van der Waals surface area contributed by atoms with Crippen LogP contribution in [0.4, 0.5) is 30.6 Å². The molecule has 1 aliphatic carbocycles. The number of halogens is 3. The molecule has 3 N–H and O–H groups in total. The first-order valence-electron chi connectivity index (χ1n) is 11.4. The van der Waals surface area contributed by atoms with E-state index in [4.69, 9.17) is 0 Å². The Morgan fingerprint density at radius 2 is 1.77 bits per heavy atom. The van der Waals surface area contributed by atoms with E-state index in [9.17, 15) is 27.9 Å². The van der Waals surface area contributed by atoms with Gasteiger partial charge in [0.05, 0.1) is 5.92 Å². The first-order valence-corrected chi connectivity index (χ1v) is 11.4. The van der Waals surface area contributed by atoms with Gasteiger partial charge in [-0.25, -0.2) is 4.98 Å². The predicted octanol–water partition coefficient (Wildman–Crippen LogP) is 3.29. The zero-order valence-corrected chi connectivity index (χ0v) is 19.2. The Balaban J connectivity index is 1.49. The average molecular weight is 493 g/mol. The van der Waals surface area contributed by atoms with Gasteiger partial charge >= 0.3 is 12.1 Å². The molecule has 0 unspecified atom stereocenters. The highest BCUT2D eigenvalue weighted by molar-refractivity contribution is 5.94. The number of aromatic nitrogens is 2. The van der Waals surface area contributed by atoms with E-state index in [-0.39, 0.29) is 11.9 Å². The van der Waals surface area contributed by atoms with Crippen LogP contribution in [-0.2, 0) is 11.0 Å². The Bertz CT molecular complexity index is 1070. The van der Waals surface area contributed by atoms with Crippen molar-refractivity contribution in [3.63, 3.8) is 0 Å². The normalized spacial score (nSPS) is 21.1. The van der Waals surface area contributed by atoms with Gasteiger partial charge in [0.2, 0.25) is 5.95 Å². The first-order chi connectivity index (χ1) is 16.6. The van der Waals surface area contributed by atoms with Crippen LogP contribution in [0.15, 0.2) is 30.5 Å². The van der Waals surface area contributed by atoms with Crippen LogP contribution >= 0.6 is 0 Å². The zero-order chi connectivity index (χ0) is 25.2. The van der Waals surface area contributed by atoms with Crippen LogP contribution in [-0.4, -0.2) is 76.0 Å². The van der Waals surface area contributed by atoms with E-state index in [2.05, 4.69) is 25.5 Å². The van der Waals surface area contributed by atoms with Gasteiger partial charge < -0.3 is 25.5 Å². The van der Waals surface area contributed by atoms with Crippen LogP contribution in [0.5, 0.6) is 0 Å². The highest BCUT2D eigenvalue weighted by Crippen LogP contribution is 2.36. The number of rotatable bonds is 6. The Hall–Kier alpha value is -3.41. The third-order valence-electron chi connectivity index (χ3n) is 6.43. The summed E-state index contributed by atoms with van der Waals surface area (Å²) >= 11 is 0. The number of anilines is 3. The summed E-state index contributed by atoms with van der Waals surface area (Å²) in [5, 5.41) is 14.9. The molecular formula is C23H27F3N6O3. The fourth-order valence-electron chi connectivity index (χ4n) is 4.38. The van der Waals surface area contributed by atoms with Crippen molar-refractivity contribution >= 4 is 29.3 Å². The maximum absolute atomic E-state index is 13.5. The van der Waals surface area contributed by atoms with Crippen molar-refractivity contribution in [3.8, 4) is 0 Å². The molecule has 0 radical (unpaired) electrons. The van der Waals surface area contributed by atoms with Gasteiger partial charge in [-0.3, -0.25) is 9.59 Å². The summed E-state index contributed by atoms with van der Waals surface area (Å²) in [6.07, 6.45) is -2.60. The molecule has 1 amide bonds. The quantitative estimate of drug-likeness (QED) is 0.564. The van der Waals surface area contributed by atoms with Crippen molar-refractivity contribution in [1.29, 1.82) is 0 Å². The number of carboxylic acids is 1. The van der Waals surface area contributed by atoms with Gasteiger partial charge in [0, 0.05) is 49.7 Å². The van der Waals surface area contributed by atoms with Crippen LogP contribution in [0, 0.1) is 5.92 Å². The molecule has 2 aromatic rings. The van der Waals surface area contributed by atoms with Gasteiger partial charge in [0.15, 0.2) is 0 Å². The Labute approximate surface area is 200 Å². The van der Waals surface area contributed by atoms with E-state index in [1.54, 1.807) is 29.2 Å². The van der Waals surface area contributed by atoms with Crippen molar-refractivity contribution in [1.82, 2.24) is 19.8 Å². The van der Waals surface area contributed by atoms with Gasteiger partial charge in [0.1, 0.15) is 11.4 Å². The highest BCUT2D eigenvalue weighted by Gasteiger charge is 2.38. The maximum atomic E-state index is 13.5. The third kappa shape index (κ3) is 5.81. The fraction of sp³-hybridized carbons (Fsp3) is 0.478. The molecule has 9 nitrogen and oxygen atoms in total. The fourth-order valence-corrected chi connectivity index (χ4v) is 4.38. The molecular weight excluding hydrogens is 465 g/mol. The Morgan fingerprint density at radius 1 is 1.09 bits per heavy atom. The summed E-state index contributed by atoms with van der Waals surface area (Å²) in [5.41, 5.74) is -0.0566. The van der Waals surface area contributed by atoms with E-state index >= 15 is 0 Å². The smallest absolute Gasteiger partial charge is 0.421 e. The number of carbonyl (C=O) groups excluding carboxylic acids is 1. The molecule has 188 valence electrons. The number of amides is 1. The largest absolute Gasteiger partial charge is 0.481 e. The lowest BCUT2D eigenvalue weighted by Gasteiger charge is -2.32. The number of benzene rings is 1. The van der Waals surface area contributed by atoms with E-state index in [1.165, 1.54) is 0 Å². The van der Waals surface area contributed by atoms with Gasteiger partial charge in [0.25, 0.3) is 5.91 Å². The lowest BCUT2D eigenvalue weighted by Crippen LogP contribution is -2.47. The second kappa shape index (κ2) is 10.1. The summed E-state index contributed by atoms with van der Waals surface area (Å²) in [7, 11) is 2.00. The summed E-state index contributed by atoms with van der Waals surface area (Å²) in [6, 6.07) is 5.89. The van der Waals surface area contributed by atoms with Crippen LogP contribution in [0.25, 0.3) is 0 Å². The van der Waals surface area contributed by atoms with Gasteiger partial charge in [-0.05, 0) is 44.2 Å². The molecule has 2 fully saturated rings. The van der Waals surface area contributed by atoms with Crippen molar-refractivity contribution in [3.05, 3.63) is 41.6 Å². The molecule has 1 saturated heterocycles. The second-order valence-corrected chi connectivity index (χ2v) is 8.88.